The van der Waals surface area contributed by atoms with Gasteiger partial charge in [-0.3, -0.25) is 9.79 Å². The van der Waals surface area contributed by atoms with Crippen LogP contribution >= 0.6 is 0 Å². The first-order valence-electron chi connectivity index (χ1n) is 10.5. The van der Waals surface area contributed by atoms with Gasteiger partial charge in [0.2, 0.25) is 5.91 Å². The van der Waals surface area contributed by atoms with Gasteiger partial charge in [-0.25, -0.2) is 0 Å². The minimum atomic E-state index is 0.0281. The number of amidine groups is 1. The van der Waals surface area contributed by atoms with E-state index in [1.165, 1.54) is 32.1 Å². The molecular formula is C24H29N3O2. The fourth-order valence-corrected chi connectivity index (χ4v) is 4.38. The van der Waals surface area contributed by atoms with Gasteiger partial charge in [0.25, 0.3) is 0 Å². The zero-order valence-electron chi connectivity index (χ0n) is 17.3. The molecule has 0 bridgehead atoms. The summed E-state index contributed by atoms with van der Waals surface area (Å²) in [5, 5.41) is 0. The fourth-order valence-electron chi connectivity index (χ4n) is 4.38. The molecule has 0 radical (unpaired) electrons. The molecule has 0 N–H and O–H groups in total. The molecule has 5 nitrogen and oxygen atoms in total. The minimum Gasteiger partial charge on any atom is -0.497 e. The zero-order valence-corrected chi connectivity index (χ0v) is 17.3. The Morgan fingerprint density at radius 3 is 2.52 bits per heavy atom. The van der Waals surface area contributed by atoms with E-state index in [1.807, 2.05) is 47.4 Å². The van der Waals surface area contributed by atoms with Crippen LogP contribution in [0.15, 0.2) is 53.5 Å². The summed E-state index contributed by atoms with van der Waals surface area (Å²) >= 11 is 0. The fraction of sp³-hybridized carbons (Fsp3) is 0.417. The molecule has 0 aromatic heterocycles. The zero-order chi connectivity index (χ0) is 20.2. The largest absolute Gasteiger partial charge is 0.497 e. The summed E-state index contributed by atoms with van der Waals surface area (Å²) in [7, 11) is 3.79. The van der Waals surface area contributed by atoms with Crippen molar-refractivity contribution < 1.29 is 9.53 Å². The second-order valence-electron chi connectivity index (χ2n) is 7.89. The number of carbonyl (C=O) groups excluding carboxylic acids is 1. The van der Waals surface area contributed by atoms with Gasteiger partial charge < -0.3 is 14.5 Å². The Morgan fingerprint density at radius 2 is 1.79 bits per heavy atom. The average Bonchev–Trinajstić information content (AvgIpc) is 2.91. The molecule has 1 amide bonds. The van der Waals surface area contributed by atoms with Crippen molar-refractivity contribution in [2.24, 2.45) is 4.99 Å². The van der Waals surface area contributed by atoms with E-state index in [9.17, 15) is 4.79 Å². The molecular weight excluding hydrogens is 362 g/mol. The number of nitrogens with zero attached hydrogens (tertiary/aromatic N) is 3. The molecule has 152 valence electrons. The first-order chi connectivity index (χ1) is 14.2. The highest BCUT2D eigenvalue weighted by Crippen LogP contribution is 2.30. The van der Waals surface area contributed by atoms with E-state index >= 15 is 0 Å². The Balaban J connectivity index is 1.64. The molecule has 1 fully saturated rings. The molecule has 29 heavy (non-hydrogen) atoms. The molecule has 4 rings (SSSR count). The van der Waals surface area contributed by atoms with E-state index in [4.69, 9.17) is 9.73 Å². The number of carbonyl (C=O) groups is 1. The Labute approximate surface area is 173 Å². The van der Waals surface area contributed by atoms with Crippen LogP contribution in [-0.2, 0) is 11.3 Å². The van der Waals surface area contributed by atoms with Crippen molar-refractivity contribution in [1.29, 1.82) is 0 Å². The molecule has 0 saturated heterocycles. The van der Waals surface area contributed by atoms with Crippen LogP contribution in [0.1, 0.15) is 43.2 Å². The Hall–Kier alpha value is -2.82. The lowest BCUT2D eigenvalue weighted by atomic mass is 9.94. The number of benzodiazepines with no additional fused rings is 1. The predicted octanol–water partition coefficient (Wildman–Crippen LogP) is 4.25. The van der Waals surface area contributed by atoms with Crippen LogP contribution in [0.5, 0.6) is 5.75 Å². The number of hydrogen-bond donors (Lipinski definition) is 0. The first kappa shape index (κ1) is 19.5. The normalized spacial score (nSPS) is 17.4. The van der Waals surface area contributed by atoms with Gasteiger partial charge >= 0.3 is 0 Å². The number of ether oxygens (including phenoxy) is 1. The topological polar surface area (TPSA) is 45.1 Å². The van der Waals surface area contributed by atoms with Crippen molar-refractivity contribution in [1.82, 2.24) is 4.90 Å². The average molecular weight is 392 g/mol. The van der Waals surface area contributed by atoms with E-state index < -0.39 is 0 Å². The minimum absolute atomic E-state index is 0.0281. The van der Waals surface area contributed by atoms with Crippen LogP contribution in [-0.4, -0.2) is 43.4 Å². The predicted molar refractivity (Wildman–Crippen MR) is 117 cm³/mol. The number of amides is 1. The summed E-state index contributed by atoms with van der Waals surface area (Å²) in [5.41, 5.74) is 3.05. The van der Waals surface area contributed by atoms with Crippen molar-refractivity contribution in [3.8, 4) is 5.75 Å². The molecule has 0 spiro atoms. The maximum absolute atomic E-state index is 13.0. The van der Waals surface area contributed by atoms with Gasteiger partial charge in [-0.15, -0.1) is 0 Å². The highest BCUT2D eigenvalue weighted by molar-refractivity contribution is 6.10. The van der Waals surface area contributed by atoms with Gasteiger partial charge in [-0.05, 0) is 42.7 Å². The van der Waals surface area contributed by atoms with Crippen molar-refractivity contribution >= 4 is 17.4 Å². The number of fused-ring (bicyclic) bond motifs is 1. The van der Waals surface area contributed by atoms with Crippen LogP contribution in [0.25, 0.3) is 0 Å². The molecule has 2 aromatic carbocycles. The summed E-state index contributed by atoms with van der Waals surface area (Å²) in [6.07, 6.45) is 6.25. The monoisotopic (exact) mass is 391 g/mol. The number of anilines is 1. The quantitative estimate of drug-likeness (QED) is 0.783. The van der Waals surface area contributed by atoms with Crippen LogP contribution in [0.3, 0.4) is 0 Å². The van der Waals surface area contributed by atoms with Crippen LogP contribution in [0, 0.1) is 0 Å². The molecule has 1 aliphatic carbocycles. The van der Waals surface area contributed by atoms with Gasteiger partial charge in [0, 0.05) is 18.7 Å². The number of benzene rings is 2. The Kier molecular flexibility index (Phi) is 5.84. The smallest absolute Gasteiger partial charge is 0.249 e. The van der Waals surface area contributed by atoms with Crippen LogP contribution < -0.4 is 9.64 Å². The van der Waals surface area contributed by atoms with Crippen LogP contribution in [0.2, 0.25) is 0 Å². The highest BCUT2D eigenvalue weighted by Gasteiger charge is 2.29. The lowest BCUT2D eigenvalue weighted by molar-refractivity contribution is -0.117. The second kappa shape index (κ2) is 8.68. The van der Waals surface area contributed by atoms with Gasteiger partial charge in [0.1, 0.15) is 18.1 Å². The number of rotatable bonds is 4. The maximum atomic E-state index is 13.0. The van der Waals surface area contributed by atoms with Crippen molar-refractivity contribution in [2.75, 3.05) is 25.6 Å². The molecule has 2 aliphatic rings. The summed E-state index contributed by atoms with van der Waals surface area (Å²) in [4.78, 5) is 22.0. The number of para-hydroxylation sites is 1. The van der Waals surface area contributed by atoms with E-state index in [0.29, 0.717) is 12.6 Å². The molecule has 1 aliphatic heterocycles. The van der Waals surface area contributed by atoms with Crippen molar-refractivity contribution in [3.63, 3.8) is 0 Å². The lowest BCUT2D eigenvalue weighted by Gasteiger charge is -2.34. The Bertz CT molecular complexity index is 885. The molecule has 1 heterocycles. The van der Waals surface area contributed by atoms with Crippen molar-refractivity contribution in [2.45, 2.75) is 44.7 Å². The summed E-state index contributed by atoms with van der Waals surface area (Å²) in [6, 6.07) is 16.5. The number of aliphatic imine (C=N–C) groups is 1. The third-order valence-corrected chi connectivity index (χ3v) is 6.06. The summed E-state index contributed by atoms with van der Waals surface area (Å²) in [5.74, 6) is 1.79. The number of hydrogen-bond acceptors (Lipinski definition) is 4. The van der Waals surface area contributed by atoms with E-state index in [2.05, 4.69) is 18.0 Å². The third kappa shape index (κ3) is 4.14. The van der Waals surface area contributed by atoms with Crippen molar-refractivity contribution in [3.05, 3.63) is 59.7 Å². The third-order valence-electron chi connectivity index (χ3n) is 6.06. The molecule has 0 atom stereocenters. The summed E-state index contributed by atoms with van der Waals surface area (Å²) in [6.45, 7) is 0.701. The molecule has 5 heteroatoms. The van der Waals surface area contributed by atoms with E-state index in [1.54, 1.807) is 7.11 Å². The maximum Gasteiger partial charge on any atom is 0.249 e. The SMILES string of the molecule is COc1ccc(CN2C(=O)CN=C(N(C)C3CCCCC3)c3ccccc32)cc1. The summed E-state index contributed by atoms with van der Waals surface area (Å²) < 4.78 is 5.25. The van der Waals surface area contributed by atoms with Gasteiger partial charge in [-0.2, -0.15) is 0 Å². The first-order valence-corrected chi connectivity index (χ1v) is 10.5. The molecule has 0 unspecified atom stereocenters. The van der Waals surface area contributed by atoms with E-state index in [0.717, 1.165) is 28.4 Å². The van der Waals surface area contributed by atoms with Gasteiger partial charge in [0.05, 0.1) is 19.3 Å². The highest BCUT2D eigenvalue weighted by atomic mass is 16.5. The lowest BCUT2D eigenvalue weighted by Crippen LogP contribution is -2.39. The standard InChI is InChI=1S/C24H29N3O2/c1-26(19-8-4-3-5-9-19)24-21-10-6-7-11-22(21)27(23(28)16-25-24)17-18-12-14-20(29-2)15-13-18/h6-7,10-15,19H,3-5,8-9,16-17H2,1-2H3. The Morgan fingerprint density at radius 1 is 1.07 bits per heavy atom. The molecule has 2 aromatic rings. The van der Waals surface area contributed by atoms with Gasteiger partial charge in [-0.1, -0.05) is 43.5 Å². The molecule has 1 saturated carbocycles. The van der Waals surface area contributed by atoms with E-state index in [-0.39, 0.29) is 12.5 Å². The number of methoxy groups -OCH3 is 1. The second-order valence-corrected chi connectivity index (χ2v) is 7.89. The van der Waals surface area contributed by atoms with Crippen LogP contribution in [0.4, 0.5) is 5.69 Å². The van der Waals surface area contributed by atoms with Gasteiger partial charge in [0.15, 0.2) is 0 Å².